The lowest BCUT2D eigenvalue weighted by Crippen LogP contribution is -2.12. The van der Waals surface area contributed by atoms with Gasteiger partial charge in [-0.1, -0.05) is 48.6 Å². The van der Waals surface area contributed by atoms with Crippen LogP contribution in [0.15, 0.2) is 54.6 Å². The van der Waals surface area contributed by atoms with E-state index in [2.05, 4.69) is 29.4 Å². The van der Waals surface area contributed by atoms with Crippen LogP contribution in [0.3, 0.4) is 0 Å². The molecule has 0 spiro atoms. The van der Waals surface area contributed by atoms with E-state index in [1.54, 1.807) is 13.2 Å². The normalized spacial score (nSPS) is 11.0. The Morgan fingerprint density at radius 1 is 1.12 bits per heavy atom. The zero-order chi connectivity index (χ0) is 18.1. The summed E-state index contributed by atoms with van der Waals surface area (Å²) in [5.41, 5.74) is 2.78. The van der Waals surface area contributed by atoms with Crippen LogP contribution in [0.4, 0.5) is 5.13 Å². The largest absolute Gasteiger partial charge is 0.496 e. The van der Waals surface area contributed by atoms with Gasteiger partial charge in [-0.15, -0.1) is 0 Å². The summed E-state index contributed by atoms with van der Waals surface area (Å²) in [6.07, 6.45) is 0.980. The predicted molar refractivity (Wildman–Crippen MR) is 107 cm³/mol. The Kier molecular flexibility index (Phi) is 4.31. The second kappa shape index (κ2) is 6.77. The molecule has 0 atom stereocenters. The lowest BCUT2D eigenvalue weighted by Gasteiger charge is -2.09. The Hall–Kier alpha value is -2.92. The highest BCUT2D eigenvalue weighted by Crippen LogP contribution is 2.30. The minimum absolute atomic E-state index is 0.168. The quantitative estimate of drug-likeness (QED) is 0.538. The van der Waals surface area contributed by atoms with E-state index < -0.39 is 0 Å². The number of aryl methyl sites for hydroxylation is 1. The molecule has 0 saturated heterocycles. The maximum atomic E-state index is 12.8. The van der Waals surface area contributed by atoms with Gasteiger partial charge in [0.2, 0.25) is 0 Å². The van der Waals surface area contributed by atoms with Crippen LogP contribution >= 0.6 is 11.3 Å². The van der Waals surface area contributed by atoms with Crippen LogP contribution in [0, 0.1) is 0 Å². The van der Waals surface area contributed by atoms with Crippen molar-refractivity contribution in [1.82, 2.24) is 4.98 Å². The number of hydrogen-bond donors (Lipinski definition) is 1. The van der Waals surface area contributed by atoms with Gasteiger partial charge in [-0.25, -0.2) is 4.98 Å². The average molecular weight is 362 g/mol. The molecule has 0 saturated carbocycles. The molecule has 4 aromatic rings. The van der Waals surface area contributed by atoms with Gasteiger partial charge in [0.15, 0.2) is 5.13 Å². The van der Waals surface area contributed by atoms with Crippen LogP contribution in [0.25, 0.3) is 21.0 Å². The van der Waals surface area contributed by atoms with Crippen molar-refractivity contribution in [2.75, 3.05) is 12.4 Å². The molecular weight excluding hydrogens is 344 g/mol. The molecular formula is C21H18N2O2S. The molecule has 0 aliphatic rings. The third kappa shape index (κ3) is 2.91. The fourth-order valence-electron chi connectivity index (χ4n) is 3.05. The van der Waals surface area contributed by atoms with Gasteiger partial charge in [0.05, 0.1) is 17.3 Å². The molecule has 0 unspecified atom stereocenters. The molecule has 1 heterocycles. The molecule has 26 heavy (non-hydrogen) atoms. The number of carbonyl (C=O) groups excluding carboxylic acids is 1. The molecule has 4 nitrogen and oxygen atoms in total. The summed E-state index contributed by atoms with van der Waals surface area (Å²) in [5.74, 6) is 0.586. The molecule has 0 radical (unpaired) electrons. The summed E-state index contributed by atoms with van der Waals surface area (Å²) in [6, 6.07) is 17.6. The lowest BCUT2D eigenvalue weighted by atomic mass is 10.0. The van der Waals surface area contributed by atoms with Crippen molar-refractivity contribution < 1.29 is 9.53 Å². The van der Waals surface area contributed by atoms with E-state index in [0.717, 1.165) is 33.2 Å². The second-order valence-electron chi connectivity index (χ2n) is 5.99. The summed E-state index contributed by atoms with van der Waals surface area (Å²) in [4.78, 5) is 17.4. The van der Waals surface area contributed by atoms with E-state index >= 15 is 0 Å². The van der Waals surface area contributed by atoms with Gasteiger partial charge in [0.1, 0.15) is 5.75 Å². The van der Waals surface area contributed by atoms with Crippen molar-refractivity contribution in [1.29, 1.82) is 0 Å². The number of fused-ring (bicyclic) bond motifs is 2. The van der Waals surface area contributed by atoms with Gasteiger partial charge < -0.3 is 4.74 Å². The van der Waals surface area contributed by atoms with Crippen molar-refractivity contribution in [3.05, 3.63) is 65.7 Å². The fourth-order valence-corrected chi connectivity index (χ4v) is 3.98. The first-order valence-electron chi connectivity index (χ1n) is 8.46. The summed E-state index contributed by atoms with van der Waals surface area (Å²) >= 11 is 1.50. The fraction of sp³-hybridized carbons (Fsp3) is 0.143. The molecule has 1 aromatic heterocycles. The van der Waals surface area contributed by atoms with Gasteiger partial charge in [-0.3, -0.25) is 10.1 Å². The Bertz CT molecular complexity index is 1120. The number of thiazole rings is 1. The SMILES string of the molecule is CCc1ccc2nc(NC(=O)c3ccc(OC)c4ccccc34)sc2c1. The van der Waals surface area contributed by atoms with Crippen LogP contribution in [0.2, 0.25) is 0 Å². The van der Waals surface area contributed by atoms with Gasteiger partial charge >= 0.3 is 0 Å². The summed E-state index contributed by atoms with van der Waals surface area (Å²) < 4.78 is 6.48. The molecule has 0 aliphatic carbocycles. The molecule has 4 rings (SSSR count). The van der Waals surface area contributed by atoms with Gasteiger partial charge in [0, 0.05) is 10.9 Å². The third-order valence-corrected chi connectivity index (χ3v) is 5.36. The number of nitrogens with one attached hydrogen (secondary N) is 1. The number of rotatable bonds is 4. The third-order valence-electron chi connectivity index (χ3n) is 4.43. The van der Waals surface area contributed by atoms with Gasteiger partial charge in [-0.05, 0) is 41.6 Å². The Morgan fingerprint density at radius 2 is 1.92 bits per heavy atom. The van der Waals surface area contributed by atoms with E-state index in [-0.39, 0.29) is 5.91 Å². The number of anilines is 1. The summed E-state index contributed by atoms with van der Waals surface area (Å²) in [7, 11) is 1.63. The number of aromatic nitrogens is 1. The standard InChI is InChI=1S/C21H18N2O2S/c1-3-13-8-10-17-19(12-13)26-21(22-17)23-20(24)16-9-11-18(25-2)15-7-5-4-6-14(15)16/h4-12H,3H2,1-2H3,(H,22,23,24). The molecule has 1 N–H and O–H groups in total. The monoisotopic (exact) mass is 362 g/mol. The maximum absolute atomic E-state index is 12.8. The molecule has 3 aromatic carbocycles. The number of ether oxygens (including phenoxy) is 1. The number of hydrogen-bond acceptors (Lipinski definition) is 4. The van der Waals surface area contributed by atoms with Crippen LogP contribution in [-0.4, -0.2) is 18.0 Å². The number of carbonyl (C=O) groups is 1. The predicted octanol–water partition coefficient (Wildman–Crippen LogP) is 5.27. The molecule has 0 bridgehead atoms. The summed E-state index contributed by atoms with van der Waals surface area (Å²) in [6.45, 7) is 2.12. The zero-order valence-electron chi connectivity index (χ0n) is 14.6. The minimum Gasteiger partial charge on any atom is -0.496 e. The Morgan fingerprint density at radius 3 is 2.69 bits per heavy atom. The summed E-state index contributed by atoms with van der Waals surface area (Å²) in [5, 5.41) is 5.33. The van der Waals surface area contributed by atoms with E-state index in [4.69, 9.17) is 4.74 Å². The highest BCUT2D eigenvalue weighted by Gasteiger charge is 2.15. The first kappa shape index (κ1) is 16.5. The van der Waals surface area contributed by atoms with E-state index in [1.807, 2.05) is 36.4 Å². The lowest BCUT2D eigenvalue weighted by molar-refractivity contribution is 0.102. The van der Waals surface area contributed by atoms with Crippen molar-refractivity contribution in [3.8, 4) is 5.75 Å². The van der Waals surface area contributed by atoms with Crippen molar-refractivity contribution in [2.45, 2.75) is 13.3 Å². The molecule has 0 fully saturated rings. The van der Waals surface area contributed by atoms with Crippen LogP contribution in [-0.2, 0) is 6.42 Å². The highest BCUT2D eigenvalue weighted by atomic mass is 32.1. The first-order valence-corrected chi connectivity index (χ1v) is 9.28. The topological polar surface area (TPSA) is 51.2 Å². The number of nitrogens with zero attached hydrogens (tertiary/aromatic N) is 1. The van der Waals surface area contributed by atoms with Gasteiger partial charge in [-0.2, -0.15) is 0 Å². The van der Waals surface area contributed by atoms with E-state index in [0.29, 0.717) is 10.7 Å². The number of methoxy groups -OCH3 is 1. The average Bonchev–Trinajstić information content (AvgIpc) is 3.08. The molecule has 0 aliphatic heterocycles. The van der Waals surface area contributed by atoms with Crippen molar-refractivity contribution in [2.24, 2.45) is 0 Å². The van der Waals surface area contributed by atoms with Crippen LogP contribution < -0.4 is 10.1 Å². The smallest absolute Gasteiger partial charge is 0.258 e. The Balaban J connectivity index is 1.69. The van der Waals surface area contributed by atoms with E-state index in [9.17, 15) is 4.79 Å². The first-order chi connectivity index (χ1) is 12.7. The maximum Gasteiger partial charge on any atom is 0.258 e. The van der Waals surface area contributed by atoms with E-state index in [1.165, 1.54) is 16.9 Å². The number of amides is 1. The number of benzene rings is 3. The second-order valence-corrected chi connectivity index (χ2v) is 7.02. The van der Waals surface area contributed by atoms with Crippen LogP contribution in [0.5, 0.6) is 5.75 Å². The zero-order valence-corrected chi connectivity index (χ0v) is 15.4. The van der Waals surface area contributed by atoms with Crippen molar-refractivity contribution in [3.63, 3.8) is 0 Å². The minimum atomic E-state index is -0.168. The highest BCUT2D eigenvalue weighted by molar-refractivity contribution is 7.22. The van der Waals surface area contributed by atoms with Gasteiger partial charge in [0.25, 0.3) is 5.91 Å². The molecule has 1 amide bonds. The molecule has 130 valence electrons. The van der Waals surface area contributed by atoms with Crippen molar-refractivity contribution >= 4 is 43.4 Å². The molecule has 5 heteroatoms. The van der Waals surface area contributed by atoms with Crippen LogP contribution in [0.1, 0.15) is 22.8 Å². The Labute approximate surface area is 155 Å².